The number of benzene rings is 2. The summed E-state index contributed by atoms with van der Waals surface area (Å²) >= 11 is 3.68. The van der Waals surface area contributed by atoms with Gasteiger partial charge in [-0.3, -0.25) is 4.31 Å². The molecule has 0 atom stereocenters. The molecule has 0 radical (unpaired) electrons. The fourth-order valence-electron chi connectivity index (χ4n) is 3.84. The van der Waals surface area contributed by atoms with E-state index in [0.29, 0.717) is 0 Å². The van der Waals surface area contributed by atoms with Crippen molar-refractivity contribution >= 4 is 35.1 Å². The van der Waals surface area contributed by atoms with Gasteiger partial charge >= 0.3 is 0 Å². The summed E-state index contributed by atoms with van der Waals surface area (Å²) < 4.78 is 2.16. The fourth-order valence-corrected chi connectivity index (χ4v) is 5.63. The van der Waals surface area contributed by atoms with Crippen LogP contribution < -0.4 is 4.90 Å². The van der Waals surface area contributed by atoms with Crippen molar-refractivity contribution in [3.8, 4) is 0 Å². The van der Waals surface area contributed by atoms with Crippen LogP contribution in [0.3, 0.4) is 0 Å². The summed E-state index contributed by atoms with van der Waals surface area (Å²) in [4.78, 5) is 11.6. The molecule has 150 valence electrons. The van der Waals surface area contributed by atoms with Crippen molar-refractivity contribution in [3.05, 3.63) is 42.5 Å². The quantitative estimate of drug-likeness (QED) is 0.641. The summed E-state index contributed by atoms with van der Waals surface area (Å²) in [5.74, 6) is 0. The van der Waals surface area contributed by atoms with Crippen molar-refractivity contribution < 1.29 is 0 Å². The van der Waals surface area contributed by atoms with Gasteiger partial charge in [0.05, 0.1) is 11.4 Å². The summed E-state index contributed by atoms with van der Waals surface area (Å²) in [6.07, 6.45) is 1.19. The van der Waals surface area contributed by atoms with Crippen molar-refractivity contribution in [2.75, 3.05) is 65.3 Å². The Labute approximate surface area is 178 Å². The normalized spacial score (nSPS) is 17.6. The van der Waals surface area contributed by atoms with Gasteiger partial charge in [-0.05, 0) is 76.4 Å². The number of para-hydroxylation sites is 1. The Morgan fingerprint density at radius 1 is 0.929 bits per heavy atom. The van der Waals surface area contributed by atoms with E-state index in [4.69, 9.17) is 0 Å². The van der Waals surface area contributed by atoms with Crippen LogP contribution in [-0.2, 0) is 0 Å². The van der Waals surface area contributed by atoms with Crippen molar-refractivity contribution in [1.29, 1.82) is 0 Å². The molecule has 0 bridgehead atoms. The molecule has 0 aromatic heterocycles. The monoisotopic (exact) mass is 414 g/mol. The topological polar surface area (TPSA) is 13.0 Å². The first-order valence-electron chi connectivity index (χ1n) is 10.0. The van der Waals surface area contributed by atoms with Crippen LogP contribution in [0.1, 0.15) is 6.42 Å². The van der Waals surface area contributed by atoms with Crippen molar-refractivity contribution in [3.63, 3.8) is 0 Å². The van der Waals surface area contributed by atoms with Crippen molar-refractivity contribution in [2.45, 2.75) is 21.1 Å². The minimum absolute atomic E-state index is 1.06. The minimum Gasteiger partial charge on any atom is -0.340 e. The Morgan fingerprint density at radius 2 is 1.68 bits per heavy atom. The molecule has 0 unspecified atom stereocenters. The summed E-state index contributed by atoms with van der Waals surface area (Å²) in [7, 11) is 6.42. The van der Waals surface area contributed by atoms with Crippen LogP contribution in [0.5, 0.6) is 0 Å². The molecule has 28 heavy (non-hydrogen) atoms. The van der Waals surface area contributed by atoms with Crippen molar-refractivity contribution in [1.82, 2.24) is 14.1 Å². The van der Waals surface area contributed by atoms with E-state index in [1.54, 1.807) is 11.9 Å². The third-order valence-corrected chi connectivity index (χ3v) is 7.30. The highest BCUT2D eigenvalue weighted by atomic mass is 32.2. The van der Waals surface area contributed by atoms with E-state index >= 15 is 0 Å². The Kier molecular flexibility index (Phi) is 6.53. The number of piperazine rings is 1. The summed E-state index contributed by atoms with van der Waals surface area (Å²) in [6, 6.07) is 15.7. The standard InChI is InChI=1S/C22H30N4S2/c1-23(2)28-18-9-10-22-20(17-18)26(19-7-4-5-8-21(19)27-22)12-6-11-25-15-13-24(3)14-16-25/h4-5,7-10,17H,6,11-16H2,1-3H3. The molecular formula is C22H30N4S2. The van der Waals surface area contributed by atoms with E-state index in [1.165, 1.54) is 65.2 Å². The Hall–Kier alpha value is -1.18. The Bertz CT molecular complexity index is 803. The number of anilines is 2. The smallest absolute Gasteiger partial charge is 0.0564 e. The van der Waals surface area contributed by atoms with Gasteiger partial charge in [0.25, 0.3) is 0 Å². The summed E-state index contributed by atoms with van der Waals surface area (Å²) in [6.45, 7) is 7.02. The molecule has 2 aliphatic heterocycles. The Balaban J connectivity index is 1.51. The highest BCUT2D eigenvalue weighted by Gasteiger charge is 2.24. The second-order valence-electron chi connectivity index (χ2n) is 7.75. The van der Waals surface area contributed by atoms with Crippen molar-refractivity contribution in [2.24, 2.45) is 0 Å². The third kappa shape index (κ3) is 4.69. The average molecular weight is 415 g/mol. The van der Waals surface area contributed by atoms with E-state index in [0.717, 1.165) is 6.54 Å². The van der Waals surface area contributed by atoms with Gasteiger partial charge in [0.15, 0.2) is 0 Å². The second kappa shape index (κ2) is 9.09. The summed E-state index contributed by atoms with van der Waals surface area (Å²) in [5.41, 5.74) is 2.71. The lowest BCUT2D eigenvalue weighted by Gasteiger charge is -2.35. The van der Waals surface area contributed by atoms with E-state index in [9.17, 15) is 0 Å². The van der Waals surface area contributed by atoms with Gasteiger partial charge in [0.1, 0.15) is 0 Å². The third-order valence-electron chi connectivity index (χ3n) is 5.34. The van der Waals surface area contributed by atoms with Crippen LogP contribution in [0.4, 0.5) is 11.4 Å². The SMILES string of the molecule is CN1CCN(CCCN2c3ccccc3Sc3ccc(SN(C)C)cc32)CC1. The number of likely N-dealkylation sites (N-methyl/N-ethyl adjacent to an activating group) is 1. The van der Waals surface area contributed by atoms with Gasteiger partial charge in [-0.25, -0.2) is 0 Å². The minimum atomic E-state index is 1.06. The highest BCUT2D eigenvalue weighted by Crippen LogP contribution is 2.49. The van der Waals surface area contributed by atoms with Gasteiger partial charge in [-0.2, -0.15) is 0 Å². The molecule has 4 nitrogen and oxygen atoms in total. The first-order chi connectivity index (χ1) is 13.6. The molecule has 2 aromatic carbocycles. The molecule has 1 saturated heterocycles. The summed E-state index contributed by atoms with van der Waals surface area (Å²) in [5, 5.41) is 0. The lowest BCUT2D eigenvalue weighted by molar-refractivity contribution is 0.153. The largest absolute Gasteiger partial charge is 0.340 e. The van der Waals surface area contributed by atoms with Crippen LogP contribution in [-0.4, -0.2) is 74.5 Å². The van der Waals surface area contributed by atoms with E-state index in [2.05, 4.69) is 82.6 Å². The lowest BCUT2D eigenvalue weighted by Crippen LogP contribution is -2.45. The Morgan fingerprint density at radius 3 is 2.46 bits per heavy atom. The van der Waals surface area contributed by atoms with Crippen LogP contribution in [0.2, 0.25) is 0 Å². The molecule has 0 N–H and O–H groups in total. The molecule has 1 fully saturated rings. The van der Waals surface area contributed by atoms with E-state index in [-0.39, 0.29) is 0 Å². The molecule has 6 heteroatoms. The predicted octanol–water partition coefficient (Wildman–Crippen LogP) is 4.50. The highest BCUT2D eigenvalue weighted by molar-refractivity contribution is 7.99. The average Bonchev–Trinajstić information content (AvgIpc) is 2.69. The number of hydrogen-bond donors (Lipinski definition) is 0. The number of hydrogen-bond acceptors (Lipinski definition) is 6. The van der Waals surface area contributed by atoms with Gasteiger partial charge in [-0.1, -0.05) is 23.9 Å². The van der Waals surface area contributed by atoms with Gasteiger partial charge in [-0.15, -0.1) is 0 Å². The number of rotatable bonds is 6. The second-order valence-corrected chi connectivity index (χ2v) is 10.2. The molecule has 2 aromatic rings. The van der Waals surface area contributed by atoms with Gasteiger partial charge in [0, 0.05) is 47.4 Å². The molecule has 0 amide bonds. The maximum atomic E-state index is 2.61. The van der Waals surface area contributed by atoms with Crippen LogP contribution in [0, 0.1) is 0 Å². The zero-order valence-electron chi connectivity index (χ0n) is 17.1. The maximum Gasteiger partial charge on any atom is 0.0564 e. The molecule has 0 aliphatic carbocycles. The molecular weight excluding hydrogens is 384 g/mol. The first kappa shape index (κ1) is 20.1. The van der Waals surface area contributed by atoms with Crippen LogP contribution >= 0.6 is 23.7 Å². The number of fused-ring (bicyclic) bond motifs is 2. The molecule has 4 rings (SSSR count). The van der Waals surface area contributed by atoms with Gasteiger partial charge < -0.3 is 14.7 Å². The zero-order valence-corrected chi connectivity index (χ0v) is 18.7. The van der Waals surface area contributed by atoms with Gasteiger partial charge in [0.2, 0.25) is 0 Å². The zero-order chi connectivity index (χ0) is 19.5. The maximum absolute atomic E-state index is 2.61. The molecule has 2 aliphatic rings. The van der Waals surface area contributed by atoms with Crippen LogP contribution in [0.25, 0.3) is 0 Å². The predicted molar refractivity (Wildman–Crippen MR) is 122 cm³/mol. The van der Waals surface area contributed by atoms with Crippen LogP contribution in [0.15, 0.2) is 57.2 Å². The van der Waals surface area contributed by atoms with E-state index < -0.39 is 0 Å². The lowest BCUT2D eigenvalue weighted by atomic mass is 10.2. The number of nitrogens with zero attached hydrogens (tertiary/aromatic N) is 4. The first-order valence-corrected chi connectivity index (χ1v) is 11.6. The molecule has 2 heterocycles. The molecule has 0 spiro atoms. The fraction of sp³-hybridized carbons (Fsp3) is 0.455. The molecule has 0 saturated carbocycles. The van der Waals surface area contributed by atoms with E-state index in [1.807, 2.05) is 11.8 Å².